The van der Waals surface area contributed by atoms with Crippen LogP contribution >= 0.6 is 11.6 Å². The fourth-order valence-corrected chi connectivity index (χ4v) is 3.59. The first-order valence-electron chi connectivity index (χ1n) is 7.80. The van der Waals surface area contributed by atoms with Crippen LogP contribution in [0.15, 0.2) is 47.4 Å². The normalized spacial score (nSPS) is 17.3. The Hall–Kier alpha value is -2.62. The van der Waals surface area contributed by atoms with Gasteiger partial charge in [-0.15, -0.1) is 0 Å². The van der Waals surface area contributed by atoms with Gasteiger partial charge in [-0.25, -0.2) is 18.5 Å². The highest BCUT2D eigenvalue weighted by Gasteiger charge is 2.39. The van der Waals surface area contributed by atoms with Crippen molar-refractivity contribution in [2.75, 3.05) is 17.3 Å². The highest BCUT2D eigenvalue weighted by molar-refractivity contribution is 7.89. The molecule has 1 aliphatic rings. The van der Waals surface area contributed by atoms with E-state index in [1.54, 1.807) is 18.2 Å². The van der Waals surface area contributed by atoms with E-state index < -0.39 is 27.9 Å². The molecular formula is C17H16ClN3O5S. The van der Waals surface area contributed by atoms with Gasteiger partial charge in [0, 0.05) is 5.69 Å². The van der Waals surface area contributed by atoms with Gasteiger partial charge in [-0.1, -0.05) is 17.7 Å². The molecule has 0 spiro atoms. The van der Waals surface area contributed by atoms with E-state index in [9.17, 15) is 18.0 Å². The van der Waals surface area contributed by atoms with Crippen molar-refractivity contribution in [3.63, 3.8) is 0 Å². The lowest BCUT2D eigenvalue weighted by atomic mass is 10.2. The summed E-state index contributed by atoms with van der Waals surface area (Å²) in [6, 6.07) is 9.48. The van der Waals surface area contributed by atoms with Crippen LogP contribution in [0.4, 0.5) is 11.4 Å². The van der Waals surface area contributed by atoms with Crippen molar-refractivity contribution >= 4 is 44.8 Å². The Kier molecular flexibility index (Phi) is 5.09. The molecule has 0 radical (unpaired) electrons. The maximum absolute atomic E-state index is 12.7. The number of nitrogens with two attached hydrogens (primary N) is 1. The molecule has 2 aromatic rings. The molecule has 27 heavy (non-hydrogen) atoms. The van der Waals surface area contributed by atoms with Crippen LogP contribution in [0, 0.1) is 0 Å². The largest absolute Gasteiger partial charge is 0.495 e. The monoisotopic (exact) mass is 409 g/mol. The van der Waals surface area contributed by atoms with Crippen LogP contribution in [0.5, 0.6) is 5.75 Å². The van der Waals surface area contributed by atoms with E-state index >= 15 is 0 Å². The van der Waals surface area contributed by atoms with Crippen LogP contribution in [0.25, 0.3) is 0 Å². The summed E-state index contributed by atoms with van der Waals surface area (Å²) in [7, 11) is -2.42. The number of carbonyl (C=O) groups is 2. The van der Waals surface area contributed by atoms with Crippen molar-refractivity contribution < 1.29 is 22.7 Å². The second-order valence-electron chi connectivity index (χ2n) is 5.86. The number of rotatable bonds is 5. The molecule has 0 aromatic heterocycles. The average Bonchev–Trinajstić information content (AvgIpc) is 2.88. The third-order valence-corrected chi connectivity index (χ3v) is 5.25. The van der Waals surface area contributed by atoms with Crippen LogP contribution in [-0.4, -0.2) is 33.4 Å². The number of hydrogen-bond acceptors (Lipinski definition) is 6. The lowest BCUT2D eigenvalue weighted by molar-refractivity contribution is -0.121. The number of sulfonamides is 1. The predicted molar refractivity (Wildman–Crippen MR) is 100 cm³/mol. The van der Waals surface area contributed by atoms with E-state index in [-0.39, 0.29) is 16.3 Å². The molecule has 2 amide bonds. The van der Waals surface area contributed by atoms with E-state index in [1.807, 2.05) is 0 Å². The van der Waals surface area contributed by atoms with Crippen LogP contribution in [0.3, 0.4) is 0 Å². The Labute approximate surface area is 160 Å². The Bertz CT molecular complexity index is 1020. The Morgan fingerprint density at radius 3 is 2.59 bits per heavy atom. The van der Waals surface area contributed by atoms with Crippen molar-refractivity contribution in [2.45, 2.75) is 17.4 Å². The lowest BCUT2D eigenvalue weighted by Gasteiger charge is -2.17. The first-order valence-corrected chi connectivity index (χ1v) is 9.73. The maximum Gasteiger partial charge on any atom is 0.256 e. The minimum Gasteiger partial charge on any atom is -0.495 e. The van der Waals surface area contributed by atoms with Crippen LogP contribution < -0.4 is 20.1 Å². The fourth-order valence-electron chi connectivity index (χ4n) is 2.77. The smallest absolute Gasteiger partial charge is 0.256 e. The summed E-state index contributed by atoms with van der Waals surface area (Å²) in [5, 5.41) is 8.26. The van der Waals surface area contributed by atoms with Crippen molar-refractivity contribution in [3.8, 4) is 5.75 Å². The van der Waals surface area contributed by atoms with Gasteiger partial charge in [-0.3, -0.25) is 9.59 Å². The number of benzene rings is 2. The van der Waals surface area contributed by atoms with Gasteiger partial charge < -0.3 is 10.1 Å². The third-order valence-electron chi connectivity index (χ3n) is 4.04. The fraction of sp³-hybridized carbons (Fsp3) is 0.176. The second kappa shape index (κ2) is 7.18. The SMILES string of the molecule is COc1ccc(N2C(=O)C[C@@H](Nc3cccc(S(N)(=O)=O)c3)C2=O)cc1Cl. The Balaban J connectivity index is 1.83. The molecular weight excluding hydrogens is 394 g/mol. The topological polar surface area (TPSA) is 119 Å². The van der Waals surface area contributed by atoms with Gasteiger partial charge in [-0.05, 0) is 36.4 Å². The van der Waals surface area contributed by atoms with Crippen LogP contribution in [0.1, 0.15) is 6.42 Å². The molecule has 1 saturated heterocycles. The summed E-state index contributed by atoms with van der Waals surface area (Å²) in [5.74, 6) is -0.447. The van der Waals surface area contributed by atoms with Gasteiger partial charge in [0.1, 0.15) is 11.8 Å². The number of halogens is 1. The summed E-state index contributed by atoms with van der Waals surface area (Å²) in [6.07, 6.45) is -0.0813. The number of nitrogens with one attached hydrogen (secondary N) is 1. The zero-order valence-electron chi connectivity index (χ0n) is 14.2. The summed E-state index contributed by atoms with van der Waals surface area (Å²) >= 11 is 6.07. The molecule has 0 bridgehead atoms. The molecule has 142 valence electrons. The van der Waals surface area contributed by atoms with Gasteiger partial charge >= 0.3 is 0 Å². The minimum atomic E-state index is -3.88. The van der Waals surface area contributed by atoms with Gasteiger partial charge in [0.15, 0.2) is 0 Å². The van der Waals surface area contributed by atoms with Gasteiger partial charge in [0.25, 0.3) is 5.91 Å². The number of amides is 2. The molecule has 1 fully saturated rings. The lowest BCUT2D eigenvalue weighted by Crippen LogP contribution is -2.34. The van der Waals surface area contributed by atoms with E-state index in [2.05, 4.69) is 5.32 Å². The predicted octanol–water partition coefficient (Wildman–Crippen LogP) is 1.74. The highest BCUT2D eigenvalue weighted by Crippen LogP contribution is 2.32. The molecule has 3 N–H and O–H groups in total. The minimum absolute atomic E-state index is 0.0813. The highest BCUT2D eigenvalue weighted by atomic mass is 35.5. The van der Waals surface area contributed by atoms with E-state index in [0.29, 0.717) is 17.1 Å². The molecule has 0 saturated carbocycles. The van der Waals surface area contributed by atoms with E-state index in [4.69, 9.17) is 21.5 Å². The quantitative estimate of drug-likeness (QED) is 0.726. The number of carbonyl (C=O) groups excluding carboxylic acids is 2. The number of anilines is 2. The third kappa shape index (κ3) is 3.90. The number of ether oxygens (including phenoxy) is 1. The van der Waals surface area contributed by atoms with Crippen molar-refractivity contribution in [1.82, 2.24) is 0 Å². The standard InChI is InChI=1S/C17H16ClN3O5S/c1-26-15-6-5-11(8-13(15)18)21-16(22)9-14(17(21)23)20-10-3-2-4-12(7-10)27(19,24)25/h2-8,14,20H,9H2,1H3,(H2,19,24,25)/t14-/m1/s1. The molecule has 1 atom stereocenters. The summed E-state index contributed by atoms with van der Waals surface area (Å²) in [5.41, 5.74) is 0.695. The Morgan fingerprint density at radius 2 is 1.96 bits per heavy atom. The summed E-state index contributed by atoms with van der Waals surface area (Å²) in [6.45, 7) is 0. The zero-order valence-corrected chi connectivity index (χ0v) is 15.8. The van der Waals surface area contributed by atoms with Gasteiger partial charge in [-0.2, -0.15) is 0 Å². The molecule has 3 rings (SSSR count). The van der Waals surface area contributed by atoms with E-state index in [1.165, 1.54) is 31.4 Å². The van der Waals surface area contributed by atoms with Gasteiger partial charge in [0.05, 0.1) is 29.1 Å². The summed E-state index contributed by atoms with van der Waals surface area (Å²) in [4.78, 5) is 26.0. The van der Waals surface area contributed by atoms with Gasteiger partial charge in [0.2, 0.25) is 15.9 Å². The molecule has 1 heterocycles. The molecule has 0 aliphatic carbocycles. The number of imide groups is 1. The Morgan fingerprint density at radius 1 is 1.22 bits per heavy atom. The molecule has 0 unspecified atom stereocenters. The molecule has 8 nitrogen and oxygen atoms in total. The molecule has 10 heteroatoms. The molecule has 2 aromatic carbocycles. The van der Waals surface area contributed by atoms with Crippen molar-refractivity contribution in [1.29, 1.82) is 0 Å². The molecule has 1 aliphatic heterocycles. The number of nitrogens with zero attached hydrogens (tertiary/aromatic N) is 1. The maximum atomic E-state index is 12.7. The number of methoxy groups -OCH3 is 1. The van der Waals surface area contributed by atoms with Crippen molar-refractivity contribution in [2.24, 2.45) is 5.14 Å². The average molecular weight is 410 g/mol. The van der Waals surface area contributed by atoms with Crippen LogP contribution in [-0.2, 0) is 19.6 Å². The van der Waals surface area contributed by atoms with Crippen molar-refractivity contribution in [3.05, 3.63) is 47.5 Å². The first-order chi connectivity index (χ1) is 12.7. The van der Waals surface area contributed by atoms with E-state index in [0.717, 1.165) is 4.90 Å². The first kappa shape index (κ1) is 19.2. The second-order valence-corrected chi connectivity index (χ2v) is 7.83. The number of hydrogen-bond donors (Lipinski definition) is 2. The number of primary sulfonamides is 1. The zero-order chi connectivity index (χ0) is 19.8. The van der Waals surface area contributed by atoms with Crippen LogP contribution in [0.2, 0.25) is 5.02 Å². The summed E-state index contributed by atoms with van der Waals surface area (Å²) < 4.78 is 28.0.